The highest BCUT2D eigenvalue weighted by Crippen LogP contribution is 2.30. The normalized spacial score (nSPS) is 24.0. The molecule has 0 saturated carbocycles. The average molecular weight is 396 g/mol. The second-order valence-electron chi connectivity index (χ2n) is 7.29. The number of rotatable bonds is 5. The van der Waals surface area contributed by atoms with Crippen LogP contribution in [0.25, 0.3) is 0 Å². The summed E-state index contributed by atoms with van der Waals surface area (Å²) in [5.41, 5.74) is 0.0185. The number of hydrogen-bond acceptors (Lipinski definition) is 6. The van der Waals surface area contributed by atoms with Gasteiger partial charge in [0.25, 0.3) is 5.91 Å². The molecule has 2 aliphatic rings. The highest BCUT2D eigenvalue weighted by atomic mass is 32.2. The second-order valence-corrected chi connectivity index (χ2v) is 9.15. The first-order valence-electron chi connectivity index (χ1n) is 8.92. The monoisotopic (exact) mass is 396 g/mol. The molecular formula is C18H24N2O6S. The lowest BCUT2D eigenvalue weighted by Gasteiger charge is -2.35. The van der Waals surface area contributed by atoms with E-state index in [1.165, 1.54) is 12.1 Å². The molecule has 1 atom stereocenters. The van der Waals surface area contributed by atoms with E-state index in [0.29, 0.717) is 32.6 Å². The van der Waals surface area contributed by atoms with Crippen LogP contribution in [0.3, 0.4) is 0 Å². The van der Waals surface area contributed by atoms with Crippen molar-refractivity contribution in [2.45, 2.75) is 19.8 Å². The van der Waals surface area contributed by atoms with Crippen molar-refractivity contribution in [3.63, 3.8) is 0 Å². The summed E-state index contributed by atoms with van der Waals surface area (Å²) in [4.78, 5) is 24.8. The van der Waals surface area contributed by atoms with E-state index in [9.17, 15) is 23.1 Å². The van der Waals surface area contributed by atoms with Gasteiger partial charge < -0.3 is 15.2 Å². The third-order valence-corrected chi connectivity index (χ3v) is 7.08. The van der Waals surface area contributed by atoms with Gasteiger partial charge in [0.15, 0.2) is 0 Å². The fourth-order valence-electron chi connectivity index (χ4n) is 3.43. The minimum Gasteiger partial charge on any atom is -0.396 e. The maximum atomic E-state index is 12.5. The fourth-order valence-corrected chi connectivity index (χ4v) is 5.24. The molecule has 2 N–H and O–H groups in total. The van der Waals surface area contributed by atoms with E-state index in [2.05, 4.69) is 5.32 Å². The van der Waals surface area contributed by atoms with Crippen molar-refractivity contribution in [1.82, 2.24) is 5.32 Å². The van der Waals surface area contributed by atoms with Gasteiger partial charge in [0.05, 0.1) is 24.0 Å². The van der Waals surface area contributed by atoms with Gasteiger partial charge in [0, 0.05) is 30.7 Å². The molecule has 1 unspecified atom stereocenters. The largest absolute Gasteiger partial charge is 0.396 e. The van der Waals surface area contributed by atoms with Crippen LogP contribution in [0.5, 0.6) is 0 Å². The fraction of sp³-hybridized carbons (Fsp3) is 0.556. The topological polar surface area (TPSA) is 113 Å². The molecule has 2 amide bonds. The second kappa shape index (κ2) is 7.57. The highest BCUT2D eigenvalue weighted by Gasteiger charge is 2.42. The van der Waals surface area contributed by atoms with Crippen molar-refractivity contribution in [3.05, 3.63) is 29.8 Å². The predicted octanol–water partition coefficient (Wildman–Crippen LogP) is 0.518. The number of aliphatic hydroxyl groups excluding tert-OH is 1. The predicted molar refractivity (Wildman–Crippen MR) is 98.8 cm³/mol. The Labute approximate surface area is 158 Å². The van der Waals surface area contributed by atoms with Crippen LogP contribution < -0.4 is 9.62 Å². The van der Waals surface area contributed by atoms with Gasteiger partial charge in [0.2, 0.25) is 15.9 Å². The summed E-state index contributed by atoms with van der Waals surface area (Å²) in [6, 6.07) is 6.01. The smallest absolute Gasteiger partial charge is 0.251 e. The molecule has 8 nitrogen and oxygen atoms in total. The van der Waals surface area contributed by atoms with Crippen LogP contribution in [0.4, 0.5) is 5.69 Å². The Morgan fingerprint density at radius 3 is 2.67 bits per heavy atom. The van der Waals surface area contributed by atoms with E-state index in [1.807, 2.05) is 0 Å². The number of amides is 2. The quantitative estimate of drug-likeness (QED) is 0.750. The third-order valence-electron chi connectivity index (χ3n) is 5.22. The molecule has 0 aromatic heterocycles. The number of anilines is 1. The van der Waals surface area contributed by atoms with Gasteiger partial charge >= 0.3 is 0 Å². The molecular weight excluding hydrogens is 372 g/mol. The van der Waals surface area contributed by atoms with Gasteiger partial charge in [-0.1, -0.05) is 13.0 Å². The Bertz CT molecular complexity index is 832. The average Bonchev–Trinajstić information content (AvgIpc) is 2.87. The number of sulfonamides is 1. The molecule has 2 heterocycles. The van der Waals surface area contributed by atoms with Crippen molar-refractivity contribution in [2.75, 3.05) is 36.4 Å². The first-order chi connectivity index (χ1) is 12.8. The maximum absolute atomic E-state index is 12.5. The van der Waals surface area contributed by atoms with Gasteiger partial charge in [-0.15, -0.1) is 0 Å². The lowest BCUT2D eigenvalue weighted by molar-refractivity contribution is -0.119. The number of nitrogens with one attached hydrogen (secondary N) is 1. The number of aliphatic hydroxyl groups is 1. The molecule has 0 radical (unpaired) electrons. The number of carbonyl (C=O) groups is 2. The molecule has 0 bridgehead atoms. The van der Waals surface area contributed by atoms with Crippen molar-refractivity contribution in [2.24, 2.45) is 11.3 Å². The molecule has 1 aromatic rings. The van der Waals surface area contributed by atoms with Gasteiger partial charge in [-0.3, -0.25) is 9.59 Å². The summed E-state index contributed by atoms with van der Waals surface area (Å²) >= 11 is 0. The van der Waals surface area contributed by atoms with Crippen molar-refractivity contribution in [3.8, 4) is 0 Å². The Balaban J connectivity index is 1.75. The third kappa shape index (κ3) is 3.99. The Morgan fingerprint density at radius 2 is 2.07 bits per heavy atom. The van der Waals surface area contributed by atoms with Crippen LogP contribution in [0, 0.1) is 11.3 Å². The Kier molecular flexibility index (Phi) is 5.55. The van der Waals surface area contributed by atoms with E-state index in [-0.39, 0.29) is 29.5 Å². The number of benzene rings is 1. The molecule has 2 saturated heterocycles. The molecule has 2 fully saturated rings. The van der Waals surface area contributed by atoms with E-state index < -0.39 is 27.3 Å². The van der Waals surface area contributed by atoms with Gasteiger partial charge in [0.1, 0.15) is 0 Å². The number of ether oxygens (including phenoxy) is 1. The molecule has 148 valence electrons. The van der Waals surface area contributed by atoms with E-state index in [0.717, 1.165) is 4.31 Å². The summed E-state index contributed by atoms with van der Waals surface area (Å²) < 4.78 is 30.6. The maximum Gasteiger partial charge on any atom is 0.251 e. The van der Waals surface area contributed by atoms with Crippen molar-refractivity contribution < 1.29 is 27.9 Å². The number of carbonyl (C=O) groups excluding carboxylic acids is 2. The van der Waals surface area contributed by atoms with Gasteiger partial charge in [-0.2, -0.15) is 0 Å². The van der Waals surface area contributed by atoms with Crippen LogP contribution in [0.2, 0.25) is 0 Å². The van der Waals surface area contributed by atoms with Crippen LogP contribution in [-0.2, 0) is 19.6 Å². The van der Waals surface area contributed by atoms with Crippen molar-refractivity contribution in [1.29, 1.82) is 0 Å². The Morgan fingerprint density at radius 1 is 1.37 bits per heavy atom. The lowest BCUT2D eigenvalue weighted by atomic mass is 9.81. The highest BCUT2D eigenvalue weighted by molar-refractivity contribution is 7.94. The van der Waals surface area contributed by atoms with Crippen molar-refractivity contribution >= 4 is 27.5 Å². The minimum atomic E-state index is -3.72. The summed E-state index contributed by atoms with van der Waals surface area (Å²) in [6.45, 7) is 2.90. The zero-order valence-corrected chi connectivity index (χ0v) is 16.0. The molecule has 2 aliphatic heterocycles. The summed E-state index contributed by atoms with van der Waals surface area (Å²) in [5.74, 6) is -1.71. The van der Waals surface area contributed by atoms with Gasteiger partial charge in [-0.25, -0.2) is 12.7 Å². The number of hydrogen-bond donors (Lipinski definition) is 2. The standard InChI is InChI=1S/C18H24N2O6S/c1-13-10-27(24,25)20(17(13)23)15-4-2-3-14(9-15)16(22)19-11-18(12-21)5-7-26-8-6-18/h2-4,9,13,21H,5-8,10-12H2,1H3,(H,19,22). The molecule has 0 spiro atoms. The summed E-state index contributed by atoms with van der Waals surface area (Å²) in [6.07, 6.45) is 1.31. The van der Waals surface area contributed by atoms with Crippen LogP contribution in [-0.4, -0.2) is 57.5 Å². The van der Waals surface area contributed by atoms with E-state index >= 15 is 0 Å². The van der Waals surface area contributed by atoms with E-state index in [4.69, 9.17) is 4.74 Å². The first-order valence-corrected chi connectivity index (χ1v) is 10.5. The summed E-state index contributed by atoms with van der Waals surface area (Å²) in [7, 11) is -3.72. The zero-order valence-electron chi connectivity index (χ0n) is 15.2. The molecule has 9 heteroatoms. The lowest BCUT2D eigenvalue weighted by Crippen LogP contribution is -2.43. The molecule has 0 aliphatic carbocycles. The van der Waals surface area contributed by atoms with Gasteiger partial charge in [-0.05, 0) is 31.0 Å². The van der Waals surface area contributed by atoms with E-state index in [1.54, 1.807) is 19.1 Å². The Hall–Kier alpha value is -1.97. The molecule has 1 aromatic carbocycles. The zero-order chi connectivity index (χ0) is 19.7. The number of nitrogens with zero attached hydrogens (tertiary/aromatic N) is 1. The molecule has 27 heavy (non-hydrogen) atoms. The van der Waals surface area contributed by atoms with Crippen LogP contribution in [0.1, 0.15) is 30.1 Å². The minimum absolute atomic E-state index is 0.0465. The van der Waals surface area contributed by atoms with Crippen LogP contribution >= 0.6 is 0 Å². The summed E-state index contributed by atoms with van der Waals surface area (Å²) in [5, 5.41) is 12.5. The van der Waals surface area contributed by atoms with Crippen LogP contribution in [0.15, 0.2) is 24.3 Å². The SMILES string of the molecule is CC1CS(=O)(=O)N(c2cccc(C(=O)NCC3(CO)CCOCC3)c2)C1=O. The first kappa shape index (κ1) is 19.8. The molecule has 3 rings (SSSR count).